The number of methoxy groups -OCH3 is 5. The summed E-state index contributed by atoms with van der Waals surface area (Å²) in [6.07, 6.45) is 23.2. The maximum atomic E-state index is 6.28. The molecule has 36 nitrogen and oxygen atoms in total. The molecule has 5 aliphatic rings. The SMILES string of the molecule is COCc1nnn2c1Cc1c(C#Cc3ccc4nccn4c3)ncn1-c1ccc(C)cc1-2.COCc1nnn2c1Cc1c(C#Cc3cnc(C)s3)ncn1-c1ccc(C)cc1-2.COCc1nnn2c1Cc1c(C#Cc3cnc(C)s3)ncn1-c1ccc(Cl)cc1-2.COCc1nnn2c1Cc1c(C#Cc3nc(C)cs3)ncn1-c1ccc(C)cc1-2.COCc1nnn2c1Cc1c(C#Cc3ncc(C)s3)ncn1-c1ccc(C)cc1-2. The number of fused-ring (bicyclic) bond motifs is 26. The zero-order valence-electron chi connectivity index (χ0n) is 82.2. The van der Waals surface area contributed by atoms with Gasteiger partial charge in [-0.2, -0.15) is 0 Å². The van der Waals surface area contributed by atoms with Crippen LogP contribution in [0.4, 0.5) is 0 Å². The van der Waals surface area contributed by atoms with E-state index in [1.807, 2.05) is 140 Å². The van der Waals surface area contributed by atoms with E-state index in [1.54, 1.807) is 106 Å². The van der Waals surface area contributed by atoms with Gasteiger partial charge in [0.2, 0.25) is 0 Å². The van der Waals surface area contributed by atoms with Gasteiger partial charge in [0.1, 0.15) is 94.2 Å². The summed E-state index contributed by atoms with van der Waals surface area (Å²) in [5.74, 6) is 32.1. The Bertz CT molecular complexity index is 8300. The smallest absolute Gasteiger partial charge is 0.167 e. The maximum Gasteiger partial charge on any atom is 0.167 e. The molecule has 0 radical (unpaired) electrons. The average molecular weight is 2050 g/mol. The molecule has 21 aromatic rings. The fourth-order valence-corrected chi connectivity index (χ4v) is 20.7. The third-order valence-corrected chi connectivity index (χ3v) is 28.5. The Balaban J connectivity index is 0.000000105. The second kappa shape index (κ2) is 41.2. The molecule has 5 aromatic carbocycles. The van der Waals surface area contributed by atoms with Crippen molar-refractivity contribution < 1.29 is 23.7 Å². The van der Waals surface area contributed by atoms with Crippen molar-refractivity contribution >= 4 is 62.6 Å². The molecule has 0 spiro atoms. The Labute approximate surface area is 868 Å². The number of rotatable bonds is 10. The van der Waals surface area contributed by atoms with Crippen molar-refractivity contribution in [1.29, 1.82) is 0 Å². The van der Waals surface area contributed by atoms with Crippen molar-refractivity contribution in [3.63, 3.8) is 0 Å². The molecule has 0 saturated heterocycles. The van der Waals surface area contributed by atoms with Gasteiger partial charge in [-0.3, -0.25) is 22.8 Å². The molecule has 732 valence electrons. The van der Waals surface area contributed by atoms with Crippen molar-refractivity contribution in [3.8, 4) is 116 Å². The van der Waals surface area contributed by atoms with E-state index in [-0.39, 0.29) is 0 Å². The van der Waals surface area contributed by atoms with E-state index >= 15 is 0 Å². The van der Waals surface area contributed by atoms with Crippen LogP contribution in [0.15, 0.2) is 177 Å². The highest BCUT2D eigenvalue weighted by atomic mass is 35.5. The molecular formula is C107H88ClN31O5S4. The number of aryl methyl sites for hydroxylation is 8. The van der Waals surface area contributed by atoms with E-state index in [0.29, 0.717) is 70.2 Å². The number of hydrogen-bond acceptors (Lipinski definition) is 29. The van der Waals surface area contributed by atoms with Crippen LogP contribution < -0.4 is 0 Å². The van der Waals surface area contributed by atoms with E-state index in [9.17, 15) is 0 Å². The second-order valence-electron chi connectivity index (χ2n) is 35.1. The Morgan fingerprint density at radius 2 is 0.662 bits per heavy atom. The minimum Gasteiger partial charge on any atom is -0.378 e. The summed E-state index contributed by atoms with van der Waals surface area (Å²) in [4.78, 5) is 47.6. The Morgan fingerprint density at radius 3 is 0.986 bits per heavy atom. The standard InChI is InChI=1S/C24H19N7O.3C21H18N6OS.C20H15ClN6OS/c1-16-3-7-20-23(11-16)31-22(19(14-32-2)27-28-31)12-21-18(26-15-30(20)21)6-4-17-5-8-24-25-9-10-29(24)13-17;1-13-4-7-18-21(8-13)27-20(17(11-28-3)24-25-27)9-19-16(23-12-26(18)19)6-5-15-10-22-14(2)29-15;1-13-4-6-17-20(8-13)27-19(16(10-28-3)24-25-27)9-18-15(22-12-26(17)18)5-7-21-23-14(2)11-29-21;1-13-4-6-17-20(8-13)27-19(16(11-28-3)24-25-27)9-18-15(23-12-26(17)18)5-7-21-22-10-14(2)29-21;1-12-22-9-14(29-12)4-5-15-18-8-19-16(10-28-2)24-25-27(19)20-7-13(21)3-6-17(20)26(18)11-23-15/h3,5,7-11,13,15H,12,14H2,1-2H3;4,7-8,10,12H,9,11H2,1-3H3;4,6,8,11-12H,9-10H2,1-3H3;4,6,8,10,12H,9,11H2,1-3H3;3,6-7,9,11H,8,10H2,1-2H3. The fourth-order valence-electron chi connectivity index (χ4n) is 18.0. The van der Waals surface area contributed by atoms with Crippen LogP contribution in [0.1, 0.15) is 182 Å². The van der Waals surface area contributed by atoms with Crippen LogP contribution in [-0.2, 0) is 88.8 Å². The molecule has 26 rings (SSSR count). The van der Waals surface area contributed by atoms with Crippen molar-refractivity contribution in [2.45, 2.75) is 121 Å². The summed E-state index contributed by atoms with van der Waals surface area (Å²) in [5, 5.41) is 50.0. The van der Waals surface area contributed by atoms with Gasteiger partial charge in [0.15, 0.2) is 10.0 Å². The van der Waals surface area contributed by atoms with Crippen molar-refractivity contribution in [3.05, 3.63) is 364 Å². The largest absolute Gasteiger partial charge is 0.378 e. The zero-order valence-corrected chi connectivity index (χ0v) is 86.3. The first kappa shape index (κ1) is 95.8. The minimum absolute atomic E-state index is 0.376. The molecule has 5 aliphatic heterocycles. The summed E-state index contributed by atoms with van der Waals surface area (Å²) in [5.41, 5.74) is 34.7. The Kier molecular flexibility index (Phi) is 26.7. The number of imidazole rings is 6. The number of hydrogen-bond donors (Lipinski definition) is 0. The number of aromatic nitrogens is 31. The molecule has 0 bridgehead atoms. The molecule has 0 fully saturated rings. The highest BCUT2D eigenvalue weighted by Crippen LogP contribution is 2.39. The summed E-state index contributed by atoms with van der Waals surface area (Å²) in [6.45, 7) is 18.2. The van der Waals surface area contributed by atoms with Gasteiger partial charge in [-0.15, -0.1) is 70.8 Å². The molecule has 0 amide bonds. The molecule has 148 heavy (non-hydrogen) atoms. The van der Waals surface area contributed by atoms with E-state index in [0.717, 1.165) is 245 Å². The molecule has 0 N–H and O–H groups in total. The molecule has 0 aliphatic carbocycles. The van der Waals surface area contributed by atoms with Gasteiger partial charge >= 0.3 is 0 Å². The van der Waals surface area contributed by atoms with Crippen molar-refractivity contribution in [2.75, 3.05) is 35.5 Å². The first-order valence-electron chi connectivity index (χ1n) is 46.7. The highest BCUT2D eigenvalue weighted by Gasteiger charge is 2.34. The molecular weight excluding hydrogens is 1960 g/mol. The number of pyridine rings is 1. The molecule has 16 aromatic heterocycles. The summed E-state index contributed by atoms with van der Waals surface area (Å²) >= 11 is 12.5. The lowest BCUT2D eigenvalue weighted by Crippen LogP contribution is -2.04. The summed E-state index contributed by atoms with van der Waals surface area (Å²) in [7, 11) is 8.30. The first-order chi connectivity index (χ1) is 72.2. The van der Waals surface area contributed by atoms with Crippen molar-refractivity contribution in [1.82, 2.24) is 152 Å². The topological polar surface area (TPSA) is 358 Å². The molecule has 41 heteroatoms. The van der Waals surface area contributed by atoms with Gasteiger partial charge in [-0.25, -0.2) is 73.2 Å². The predicted molar refractivity (Wildman–Crippen MR) is 556 cm³/mol. The molecule has 0 unspecified atom stereocenters. The normalized spacial score (nSPS) is 11.9. The van der Waals surface area contributed by atoms with Crippen LogP contribution in [0.25, 0.3) is 62.5 Å². The van der Waals surface area contributed by atoms with Gasteiger partial charge in [0, 0.05) is 119 Å². The Hall–Kier alpha value is -17.1. The summed E-state index contributed by atoms with van der Waals surface area (Å²) < 4.78 is 48.5. The maximum absolute atomic E-state index is 6.28. The second-order valence-corrected chi connectivity index (χ2v) is 40.1. The average Bonchev–Trinajstić information content (AvgIpc) is 1.62. The van der Waals surface area contributed by atoms with Crippen molar-refractivity contribution in [2.24, 2.45) is 0 Å². The number of nitrogens with zero attached hydrogens (tertiary/aromatic N) is 31. The molecule has 0 atom stereocenters. The summed E-state index contributed by atoms with van der Waals surface area (Å²) in [6, 6.07) is 34.8. The third-order valence-electron chi connectivity index (χ3n) is 24.9. The predicted octanol–water partition coefficient (Wildman–Crippen LogP) is 15.1. The van der Waals surface area contributed by atoms with Gasteiger partial charge in [0.05, 0.1) is 179 Å². The van der Waals surface area contributed by atoms with Crippen LogP contribution in [0, 0.1) is 115 Å². The van der Waals surface area contributed by atoms with Gasteiger partial charge < -0.3 is 28.1 Å². The molecule has 21 heterocycles. The number of halogens is 1. The lowest BCUT2D eigenvalue weighted by Gasteiger charge is -2.10. The van der Waals surface area contributed by atoms with Gasteiger partial charge in [0.25, 0.3) is 0 Å². The van der Waals surface area contributed by atoms with Gasteiger partial charge in [-0.1, -0.05) is 67.9 Å². The number of benzene rings is 5. The van der Waals surface area contributed by atoms with E-state index < -0.39 is 0 Å². The van der Waals surface area contributed by atoms with Crippen LogP contribution in [-0.4, -0.2) is 188 Å². The van der Waals surface area contributed by atoms with Crippen LogP contribution in [0.2, 0.25) is 5.02 Å². The zero-order chi connectivity index (χ0) is 101. The van der Waals surface area contributed by atoms with Crippen LogP contribution >= 0.6 is 56.9 Å². The van der Waals surface area contributed by atoms with E-state index in [1.165, 1.54) is 0 Å². The quantitative estimate of drug-likeness (QED) is 0.115. The minimum atomic E-state index is 0.376. The monoisotopic (exact) mass is 2050 g/mol. The molecule has 0 saturated carbocycles. The van der Waals surface area contributed by atoms with Crippen LogP contribution in [0.3, 0.4) is 0 Å². The van der Waals surface area contributed by atoms with Gasteiger partial charge in [-0.05, 0) is 210 Å². The fraction of sp³-hybridized carbons (Fsp3) is 0.215. The first-order valence-corrected chi connectivity index (χ1v) is 50.4. The number of thiazole rings is 4. The number of ether oxygens (including phenoxy) is 5. The third kappa shape index (κ3) is 19.0. The lowest BCUT2D eigenvalue weighted by molar-refractivity contribution is 0.180. The highest BCUT2D eigenvalue weighted by molar-refractivity contribution is 7.12. The Morgan fingerprint density at radius 1 is 0.324 bits per heavy atom. The lowest BCUT2D eigenvalue weighted by atomic mass is 10.1. The van der Waals surface area contributed by atoms with Crippen LogP contribution in [0.5, 0.6) is 0 Å². The van der Waals surface area contributed by atoms with E-state index in [4.69, 9.17) is 35.3 Å². The van der Waals surface area contributed by atoms with E-state index in [2.05, 4.69) is 279 Å².